The summed E-state index contributed by atoms with van der Waals surface area (Å²) < 4.78 is 0. The third kappa shape index (κ3) is 2.82. The van der Waals surface area contributed by atoms with Crippen molar-refractivity contribution in [2.45, 2.75) is 19.8 Å². The van der Waals surface area contributed by atoms with Gasteiger partial charge in [-0.1, -0.05) is 13.0 Å². The van der Waals surface area contributed by atoms with Crippen molar-refractivity contribution < 1.29 is 9.59 Å². The van der Waals surface area contributed by atoms with Gasteiger partial charge in [-0.3, -0.25) is 9.59 Å². The molecule has 1 amide bonds. The van der Waals surface area contributed by atoms with Crippen molar-refractivity contribution in [3.63, 3.8) is 0 Å². The van der Waals surface area contributed by atoms with Gasteiger partial charge in [-0.15, -0.1) is 0 Å². The predicted molar refractivity (Wildman–Crippen MR) is 70.5 cm³/mol. The Hall–Kier alpha value is -2.15. The molecule has 1 aliphatic rings. The molecule has 1 unspecified atom stereocenters. The van der Waals surface area contributed by atoms with Crippen LogP contribution in [0.4, 0.5) is 0 Å². The van der Waals surface area contributed by atoms with Crippen molar-refractivity contribution in [3.8, 4) is 6.07 Å². The molecule has 0 bridgehead atoms. The monoisotopic (exact) mass is 256 g/mol. The summed E-state index contributed by atoms with van der Waals surface area (Å²) in [6.07, 6.45) is 1.20. The van der Waals surface area contributed by atoms with Crippen LogP contribution in [-0.2, 0) is 4.79 Å². The zero-order valence-corrected chi connectivity index (χ0v) is 10.9. The second-order valence-corrected chi connectivity index (χ2v) is 4.77. The maximum atomic E-state index is 12.3. The molecule has 0 aliphatic carbocycles. The molecule has 4 heteroatoms. The molecule has 1 saturated heterocycles. The van der Waals surface area contributed by atoms with Crippen molar-refractivity contribution in [1.29, 1.82) is 5.26 Å². The lowest BCUT2D eigenvalue weighted by Gasteiger charge is -2.31. The Kier molecular flexibility index (Phi) is 3.96. The highest BCUT2D eigenvalue weighted by atomic mass is 16.2. The van der Waals surface area contributed by atoms with Gasteiger partial charge in [0.05, 0.1) is 11.6 Å². The SMILES string of the molecule is CCC1CN(C(=O)c2cccc(C#N)c2)CCC1=O. The minimum absolute atomic E-state index is 0.0446. The number of nitriles is 1. The first-order valence-electron chi connectivity index (χ1n) is 6.48. The number of nitrogens with zero attached hydrogens (tertiary/aromatic N) is 2. The Balaban J connectivity index is 2.15. The van der Waals surface area contributed by atoms with Crippen molar-refractivity contribution in [2.75, 3.05) is 13.1 Å². The lowest BCUT2D eigenvalue weighted by molar-refractivity contribution is -0.125. The maximum absolute atomic E-state index is 12.3. The van der Waals surface area contributed by atoms with E-state index in [0.717, 1.165) is 6.42 Å². The van der Waals surface area contributed by atoms with E-state index >= 15 is 0 Å². The van der Waals surface area contributed by atoms with E-state index in [1.165, 1.54) is 0 Å². The fourth-order valence-corrected chi connectivity index (χ4v) is 2.35. The number of hydrogen-bond donors (Lipinski definition) is 0. The van der Waals surface area contributed by atoms with Crippen molar-refractivity contribution >= 4 is 11.7 Å². The van der Waals surface area contributed by atoms with Crippen LogP contribution in [0.2, 0.25) is 0 Å². The third-order valence-corrected chi connectivity index (χ3v) is 3.54. The molecule has 1 heterocycles. The standard InChI is InChI=1S/C15H16N2O2/c1-2-12-10-17(7-6-14(12)18)15(19)13-5-3-4-11(8-13)9-16/h3-5,8,12H,2,6-7,10H2,1H3. The summed E-state index contributed by atoms with van der Waals surface area (Å²) >= 11 is 0. The number of Topliss-reactive ketones (excluding diaryl/α,β-unsaturated/α-hetero) is 1. The molecular formula is C15H16N2O2. The maximum Gasteiger partial charge on any atom is 0.253 e. The van der Waals surface area contributed by atoms with Crippen molar-refractivity contribution in [2.24, 2.45) is 5.92 Å². The highest BCUT2D eigenvalue weighted by Crippen LogP contribution is 2.18. The third-order valence-electron chi connectivity index (χ3n) is 3.54. The van der Waals surface area contributed by atoms with Crippen molar-refractivity contribution in [3.05, 3.63) is 35.4 Å². The molecule has 0 N–H and O–H groups in total. The highest BCUT2D eigenvalue weighted by molar-refractivity contribution is 5.96. The van der Waals surface area contributed by atoms with Gasteiger partial charge in [0, 0.05) is 31.0 Å². The van der Waals surface area contributed by atoms with Crippen LogP contribution in [0.3, 0.4) is 0 Å². The number of hydrogen-bond acceptors (Lipinski definition) is 3. The molecule has 1 aromatic carbocycles. The van der Waals surface area contributed by atoms with Gasteiger partial charge in [0.25, 0.3) is 5.91 Å². The van der Waals surface area contributed by atoms with Crippen LogP contribution in [0.1, 0.15) is 35.7 Å². The van der Waals surface area contributed by atoms with E-state index in [1.807, 2.05) is 13.0 Å². The smallest absolute Gasteiger partial charge is 0.253 e. The van der Waals surface area contributed by atoms with Crippen LogP contribution in [0, 0.1) is 17.2 Å². The average Bonchev–Trinajstić information content (AvgIpc) is 2.47. The molecule has 0 spiro atoms. The number of benzene rings is 1. The Morgan fingerprint density at radius 1 is 1.53 bits per heavy atom. The molecule has 1 atom stereocenters. The van der Waals surface area contributed by atoms with Gasteiger partial charge < -0.3 is 4.90 Å². The minimum Gasteiger partial charge on any atom is -0.337 e. The first-order chi connectivity index (χ1) is 9.15. The first-order valence-corrected chi connectivity index (χ1v) is 6.48. The van der Waals surface area contributed by atoms with Crippen LogP contribution >= 0.6 is 0 Å². The molecule has 0 aromatic heterocycles. The van der Waals surface area contributed by atoms with Crippen LogP contribution in [-0.4, -0.2) is 29.7 Å². The average molecular weight is 256 g/mol. The van der Waals surface area contributed by atoms with E-state index < -0.39 is 0 Å². The number of carbonyl (C=O) groups is 2. The van der Waals surface area contributed by atoms with E-state index in [-0.39, 0.29) is 17.6 Å². The predicted octanol–water partition coefficient (Wildman–Crippen LogP) is 2.00. The Bertz CT molecular complexity index is 545. The zero-order chi connectivity index (χ0) is 13.8. The van der Waals surface area contributed by atoms with Gasteiger partial charge >= 0.3 is 0 Å². The van der Waals surface area contributed by atoms with Gasteiger partial charge in [-0.05, 0) is 24.6 Å². The normalized spacial score (nSPS) is 19.1. The number of amides is 1. The lowest BCUT2D eigenvalue weighted by Crippen LogP contribution is -2.43. The largest absolute Gasteiger partial charge is 0.337 e. The second-order valence-electron chi connectivity index (χ2n) is 4.77. The molecule has 98 valence electrons. The molecule has 1 fully saturated rings. The summed E-state index contributed by atoms with van der Waals surface area (Å²) in [4.78, 5) is 25.7. The first kappa shape index (κ1) is 13.3. The lowest BCUT2D eigenvalue weighted by atomic mass is 9.93. The Morgan fingerprint density at radius 3 is 3.00 bits per heavy atom. The van der Waals surface area contributed by atoms with Crippen LogP contribution in [0.5, 0.6) is 0 Å². The molecule has 1 aliphatic heterocycles. The summed E-state index contributed by atoms with van der Waals surface area (Å²) in [6.45, 7) is 2.93. The minimum atomic E-state index is -0.0944. The summed E-state index contributed by atoms with van der Waals surface area (Å²) in [5, 5.41) is 8.85. The van der Waals surface area contributed by atoms with Gasteiger partial charge in [0.2, 0.25) is 0 Å². The van der Waals surface area contributed by atoms with Crippen LogP contribution in [0.15, 0.2) is 24.3 Å². The summed E-state index contributed by atoms with van der Waals surface area (Å²) in [5.41, 5.74) is 0.995. The number of carbonyl (C=O) groups excluding carboxylic acids is 2. The quantitative estimate of drug-likeness (QED) is 0.813. The van der Waals surface area contributed by atoms with Gasteiger partial charge in [-0.2, -0.15) is 5.26 Å². The molecule has 0 saturated carbocycles. The van der Waals surface area contributed by atoms with Gasteiger partial charge in [0.1, 0.15) is 5.78 Å². The highest BCUT2D eigenvalue weighted by Gasteiger charge is 2.28. The topological polar surface area (TPSA) is 61.2 Å². The second kappa shape index (κ2) is 5.66. The molecular weight excluding hydrogens is 240 g/mol. The van der Waals surface area contributed by atoms with E-state index in [1.54, 1.807) is 29.2 Å². The summed E-state index contributed by atoms with van der Waals surface area (Å²) in [6, 6.07) is 8.71. The number of ketones is 1. The summed E-state index contributed by atoms with van der Waals surface area (Å²) in [5.74, 6) is 0.109. The van der Waals surface area contributed by atoms with Gasteiger partial charge in [-0.25, -0.2) is 0 Å². The van der Waals surface area contributed by atoms with E-state index in [9.17, 15) is 9.59 Å². The molecule has 2 rings (SSSR count). The van der Waals surface area contributed by atoms with Crippen molar-refractivity contribution in [1.82, 2.24) is 4.90 Å². The van der Waals surface area contributed by atoms with Gasteiger partial charge in [0.15, 0.2) is 0 Å². The Labute approximate surface area is 112 Å². The molecule has 1 aromatic rings. The fourth-order valence-electron chi connectivity index (χ4n) is 2.35. The molecule has 0 radical (unpaired) electrons. The van der Waals surface area contributed by atoms with Crippen LogP contribution < -0.4 is 0 Å². The fraction of sp³-hybridized carbons (Fsp3) is 0.400. The van der Waals surface area contributed by atoms with E-state index in [0.29, 0.717) is 30.6 Å². The molecule has 4 nitrogen and oxygen atoms in total. The number of likely N-dealkylation sites (tertiary alicyclic amines) is 1. The zero-order valence-electron chi connectivity index (χ0n) is 10.9. The molecule has 19 heavy (non-hydrogen) atoms. The van der Waals surface area contributed by atoms with E-state index in [4.69, 9.17) is 5.26 Å². The summed E-state index contributed by atoms with van der Waals surface area (Å²) in [7, 11) is 0. The Morgan fingerprint density at radius 2 is 2.32 bits per heavy atom. The van der Waals surface area contributed by atoms with Crippen LogP contribution in [0.25, 0.3) is 0 Å². The number of rotatable bonds is 2. The number of piperidine rings is 1. The van der Waals surface area contributed by atoms with E-state index in [2.05, 4.69) is 0 Å².